The van der Waals surface area contributed by atoms with Crippen molar-refractivity contribution < 1.29 is 14.4 Å². The minimum absolute atomic E-state index is 0.0294. The van der Waals surface area contributed by atoms with Gasteiger partial charge < -0.3 is 9.80 Å². The van der Waals surface area contributed by atoms with Gasteiger partial charge in [0, 0.05) is 43.3 Å². The summed E-state index contributed by atoms with van der Waals surface area (Å²) in [6.07, 6.45) is 4.95. The smallest absolute Gasteiger partial charge is 0.261 e. The van der Waals surface area contributed by atoms with Gasteiger partial charge in [-0.15, -0.1) is 10.2 Å². The largest absolute Gasteiger partial charge is 0.352 e. The molecule has 37 heavy (non-hydrogen) atoms. The molecule has 1 saturated carbocycles. The van der Waals surface area contributed by atoms with Crippen LogP contribution < -0.4 is 4.90 Å². The van der Waals surface area contributed by atoms with E-state index in [9.17, 15) is 14.4 Å². The minimum atomic E-state index is -0.260. The molecule has 0 N–H and O–H groups in total. The summed E-state index contributed by atoms with van der Waals surface area (Å²) >= 11 is 0. The molecule has 3 heterocycles. The lowest BCUT2D eigenvalue weighted by molar-refractivity contribution is 0.0548. The van der Waals surface area contributed by atoms with Crippen molar-refractivity contribution >= 4 is 23.5 Å². The fourth-order valence-electron chi connectivity index (χ4n) is 5.64. The van der Waals surface area contributed by atoms with Crippen LogP contribution in [0.15, 0.2) is 60.7 Å². The molecule has 2 fully saturated rings. The summed E-state index contributed by atoms with van der Waals surface area (Å²) in [6, 6.07) is 18.8. The van der Waals surface area contributed by atoms with Gasteiger partial charge in [-0.3, -0.25) is 19.3 Å². The summed E-state index contributed by atoms with van der Waals surface area (Å²) in [4.78, 5) is 44.7. The summed E-state index contributed by atoms with van der Waals surface area (Å²) in [5.41, 5.74) is 3.06. The second-order valence-electron chi connectivity index (χ2n) is 9.95. The SMILES string of the molecule is O=C(c1ccc2c(c1)C(=O)N(C1CCCCC1)C2=O)N1CCN(c2ccc(-c3ccccc3)nn2)CC1. The van der Waals surface area contributed by atoms with Crippen molar-refractivity contribution in [2.45, 2.75) is 38.1 Å². The standard InChI is InChI=1S/C29H29N5O3/c35-27(21-11-12-23-24(19-21)29(37)34(28(23)36)22-9-5-2-6-10-22)33-17-15-32(16-18-33)26-14-13-25(30-31-26)20-7-3-1-4-8-20/h1,3-4,7-8,11-14,19,22H,2,5-6,9-10,15-18H2. The first-order valence-corrected chi connectivity index (χ1v) is 13.1. The molecule has 3 aliphatic rings. The van der Waals surface area contributed by atoms with E-state index in [1.165, 1.54) is 4.90 Å². The Bertz CT molecular complexity index is 1330. The molecule has 8 nitrogen and oxygen atoms in total. The van der Waals surface area contributed by atoms with Gasteiger partial charge in [-0.05, 0) is 43.2 Å². The molecule has 1 aromatic heterocycles. The fraction of sp³-hybridized carbons (Fsp3) is 0.345. The molecule has 3 amide bonds. The number of nitrogens with zero attached hydrogens (tertiary/aromatic N) is 5. The van der Waals surface area contributed by atoms with Crippen molar-refractivity contribution in [3.8, 4) is 11.3 Å². The monoisotopic (exact) mass is 495 g/mol. The van der Waals surface area contributed by atoms with E-state index in [0.717, 1.165) is 49.2 Å². The molecule has 0 atom stereocenters. The Morgan fingerprint density at radius 3 is 2.19 bits per heavy atom. The first kappa shape index (κ1) is 23.3. The van der Waals surface area contributed by atoms with Crippen molar-refractivity contribution in [1.29, 1.82) is 0 Å². The van der Waals surface area contributed by atoms with Gasteiger partial charge in [-0.2, -0.15) is 0 Å². The second-order valence-corrected chi connectivity index (χ2v) is 9.95. The normalized spacial score (nSPS) is 18.3. The van der Waals surface area contributed by atoms with E-state index in [2.05, 4.69) is 15.1 Å². The predicted molar refractivity (Wildman–Crippen MR) is 139 cm³/mol. The Morgan fingerprint density at radius 1 is 0.757 bits per heavy atom. The van der Waals surface area contributed by atoms with Crippen LogP contribution >= 0.6 is 0 Å². The number of aromatic nitrogens is 2. The number of carbonyl (C=O) groups is 3. The van der Waals surface area contributed by atoms with E-state index < -0.39 is 0 Å². The number of hydrogen-bond donors (Lipinski definition) is 0. The summed E-state index contributed by atoms with van der Waals surface area (Å²) in [5, 5.41) is 8.78. The summed E-state index contributed by atoms with van der Waals surface area (Å²) < 4.78 is 0. The van der Waals surface area contributed by atoms with E-state index in [-0.39, 0.29) is 23.8 Å². The topological polar surface area (TPSA) is 86.7 Å². The molecule has 0 unspecified atom stereocenters. The fourth-order valence-corrected chi connectivity index (χ4v) is 5.64. The molecule has 3 aromatic rings. The van der Waals surface area contributed by atoms with E-state index in [0.29, 0.717) is 42.9 Å². The highest BCUT2D eigenvalue weighted by atomic mass is 16.2. The van der Waals surface area contributed by atoms with Crippen molar-refractivity contribution in [2.24, 2.45) is 0 Å². The van der Waals surface area contributed by atoms with Crippen LogP contribution in [0.5, 0.6) is 0 Å². The van der Waals surface area contributed by atoms with Gasteiger partial charge in [0.25, 0.3) is 17.7 Å². The van der Waals surface area contributed by atoms with Crippen LogP contribution in [0.4, 0.5) is 5.82 Å². The lowest BCUT2D eigenvalue weighted by atomic mass is 9.94. The zero-order valence-corrected chi connectivity index (χ0v) is 20.7. The van der Waals surface area contributed by atoms with E-state index in [1.807, 2.05) is 42.5 Å². The Hall–Kier alpha value is -4.07. The number of rotatable bonds is 4. The highest BCUT2D eigenvalue weighted by molar-refractivity contribution is 6.22. The maximum atomic E-state index is 13.3. The first-order chi connectivity index (χ1) is 18.1. The zero-order valence-electron chi connectivity index (χ0n) is 20.7. The molecule has 2 aromatic carbocycles. The van der Waals surface area contributed by atoms with Gasteiger partial charge >= 0.3 is 0 Å². The maximum absolute atomic E-state index is 13.3. The van der Waals surface area contributed by atoms with Crippen LogP contribution in [0, 0.1) is 0 Å². The summed E-state index contributed by atoms with van der Waals surface area (Å²) in [5.74, 6) is 0.184. The van der Waals surface area contributed by atoms with Crippen LogP contribution in [-0.2, 0) is 0 Å². The van der Waals surface area contributed by atoms with Crippen LogP contribution in [-0.4, -0.2) is 69.9 Å². The third-order valence-electron chi connectivity index (χ3n) is 7.72. The molecule has 188 valence electrons. The Balaban J connectivity index is 1.11. The molecular formula is C29H29N5O3. The van der Waals surface area contributed by atoms with Crippen molar-refractivity contribution in [3.63, 3.8) is 0 Å². The molecule has 1 aliphatic carbocycles. The molecule has 0 bridgehead atoms. The summed E-state index contributed by atoms with van der Waals surface area (Å²) in [6.45, 7) is 2.37. The number of carbonyl (C=O) groups excluding carboxylic acids is 3. The molecule has 8 heteroatoms. The van der Waals surface area contributed by atoms with Gasteiger partial charge in [-0.25, -0.2) is 0 Å². The van der Waals surface area contributed by atoms with Gasteiger partial charge in [-0.1, -0.05) is 49.6 Å². The second kappa shape index (κ2) is 9.76. The van der Waals surface area contributed by atoms with E-state index >= 15 is 0 Å². The van der Waals surface area contributed by atoms with Gasteiger partial charge in [0.2, 0.25) is 0 Å². The number of fused-ring (bicyclic) bond motifs is 1. The molecule has 0 radical (unpaired) electrons. The Morgan fingerprint density at radius 2 is 1.49 bits per heavy atom. The van der Waals surface area contributed by atoms with Crippen LogP contribution in [0.25, 0.3) is 11.3 Å². The maximum Gasteiger partial charge on any atom is 0.261 e. The van der Waals surface area contributed by atoms with Gasteiger partial charge in [0.15, 0.2) is 5.82 Å². The minimum Gasteiger partial charge on any atom is -0.352 e. The molecule has 1 saturated heterocycles. The first-order valence-electron chi connectivity index (χ1n) is 13.1. The van der Waals surface area contributed by atoms with Crippen LogP contribution in [0.1, 0.15) is 63.2 Å². The van der Waals surface area contributed by atoms with Gasteiger partial charge in [0.1, 0.15) is 0 Å². The van der Waals surface area contributed by atoms with Crippen molar-refractivity contribution in [2.75, 3.05) is 31.1 Å². The Kier molecular flexibility index (Phi) is 6.16. The molecule has 0 spiro atoms. The number of amides is 3. The van der Waals surface area contributed by atoms with E-state index in [1.54, 1.807) is 23.1 Å². The Labute approximate surface area is 215 Å². The zero-order chi connectivity index (χ0) is 25.4. The highest BCUT2D eigenvalue weighted by Gasteiger charge is 2.40. The highest BCUT2D eigenvalue weighted by Crippen LogP contribution is 2.32. The average Bonchev–Trinajstić information content (AvgIpc) is 3.22. The van der Waals surface area contributed by atoms with Gasteiger partial charge in [0.05, 0.1) is 16.8 Å². The average molecular weight is 496 g/mol. The van der Waals surface area contributed by atoms with Crippen LogP contribution in [0.3, 0.4) is 0 Å². The van der Waals surface area contributed by atoms with E-state index in [4.69, 9.17) is 0 Å². The van der Waals surface area contributed by atoms with Crippen molar-refractivity contribution in [3.05, 3.63) is 77.4 Å². The quantitative estimate of drug-likeness (QED) is 0.508. The molecule has 2 aliphatic heterocycles. The number of piperazine rings is 1. The van der Waals surface area contributed by atoms with Crippen molar-refractivity contribution in [1.82, 2.24) is 20.0 Å². The van der Waals surface area contributed by atoms with Crippen LogP contribution in [0.2, 0.25) is 0 Å². The third kappa shape index (κ3) is 4.37. The molecule has 6 rings (SSSR count). The third-order valence-corrected chi connectivity index (χ3v) is 7.72. The lowest BCUT2D eigenvalue weighted by Crippen LogP contribution is -2.49. The predicted octanol–water partition coefficient (Wildman–Crippen LogP) is 4.03. The number of anilines is 1. The molecular weight excluding hydrogens is 466 g/mol. The number of benzene rings is 2. The summed E-state index contributed by atoms with van der Waals surface area (Å²) in [7, 11) is 0. The number of imide groups is 1. The number of hydrogen-bond acceptors (Lipinski definition) is 6. The lowest BCUT2D eigenvalue weighted by Gasteiger charge is -2.35.